The normalized spacial score (nSPS) is 5.14. The molecule has 3 nitrogen and oxygen atoms in total. The molecule has 3 N–H and O–H groups in total. The molecule has 1 radical (unpaired) electrons. The zero-order valence-corrected chi connectivity index (χ0v) is 9.00. The average molecular weight is 399 g/mol. The van der Waals surface area contributed by atoms with Crippen LogP contribution in [0, 0.1) is 0 Å². The van der Waals surface area contributed by atoms with Crippen molar-refractivity contribution in [1.82, 2.24) is 0 Å². The van der Waals surface area contributed by atoms with Crippen molar-refractivity contribution in [2.24, 2.45) is 0 Å². The molecule has 0 unspecified atom stereocenters. The minimum Gasteiger partial charge on any atom is -1.00 e. The molecule has 0 heterocycles. The second-order valence-electron chi connectivity index (χ2n) is 0.268. The van der Waals surface area contributed by atoms with Gasteiger partial charge < -0.3 is 62.6 Å². The molecule has 7 heteroatoms. The third kappa shape index (κ3) is 62.6. The summed E-state index contributed by atoms with van der Waals surface area (Å²) < 4.78 is 0. The van der Waals surface area contributed by atoms with E-state index >= 15 is 0 Å². The van der Waals surface area contributed by atoms with Gasteiger partial charge in [0.2, 0.25) is 0 Å². The standard InChI is InChI=1S/Cu.2HI.H3O3P/c;;;1-4(2)3/h;2*1H;1-3H/q+2;;;/p-2. The molecule has 7 heavy (non-hydrogen) atoms. The van der Waals surface area contributed by atoms with E-state index in [1.165, 1.54) is 0 Å². The van der Waals surface area contributed by atoms with Crippen molar-refractivity contribution < 1.29 is 79.7 Å². The van der Waals surface area contributed by atoms with Gasteiger partial charge in [-0.05, 0) is 0 Å². The van der Waals surface area contributed by atoms with Crippen molar-refractivity contribution >= 4 is 8.60 Å². The molecule has 0 rings (SSSR count). The van der Waals surface area contributed by atoms with E-state index in [1.807, 2.05) is 0 Å². The summed E-state index contributed by atoms with van der Waals surface area (Å²) in [5.74, 6) is 0. The van der Waals surface area contributed by atoms with Gasteiger partial charge in [0.25, 0.3) is 0 Å². The molecule has 0 spiro atoms. The van der Waals surface area contributed by atoms with E-state index in [1.54, 1.807) is 0 Å². The topological polar surface area (TPSA) is 60.7 Å². The average Bonchev–Trinajstić information content (AvgIpc) is 0.811. The summed E-state index contributed by atoms with van der Waals surface area (Å²) in [7, 11) is -2.62. The molecule has 0 atom stereocenters. The van der Waals surface area contributed by atoms with E-state index in [4.69, 9.17) is 14.7 Å². The molecule has 0 aromatic carbocycles. The van der Waals surface area contributed by atoms with E-state index in [2.05, 4.69) is 0 Å². The van der Waals surface area contributed by atoms with Crippen LogP contribution < -0.4 is 48.0 Å². The molecule has 0 aliphatic carbocycles. The fourth-order valence-electron chi connectivity index (χ4n) is 0. The number of hydrogen-bond acceptors (Lipinski definition) is 3. The molecule has 0 saturated heterocycles. The van der Waals surface area contributed by atoms with Gasteiger partial charge in [0.1, 0.15) is 0 Å². The minimum atomic E-state index is -2.62. The maximum Gasteiger partial charge on any atom is 2.00 e. The molecule has 0 aliphatic rings. The summed E-state index contributed by atoms with van der Waals surface area (Å²) in [5.41, 5.74) is 0. The van der Waals surface area contributed by atoms with Crippen LogP contribution in [-0.2, 0) is 17.1 Å². The quantitative estimate of drug-likeness (QED) is 0.216. The van der Waals surface area contributed by atoms with E-state index in [0.717, 1.165) is 0 Å². The Labute approximate surface area is 87.4 Å². The second kappa shape index (κ2) is 15.7. The largest absolute Gasteiger partial charge is 2.00 e. The van der Waals surface area contributed by atoms with Crippen LogP contribution >= 0.6 is 8.60 Å². The smallest absolute Gasteiger partial charge is 1.00 e. The zero-order chi connectivity index (χ0) is 3.58. The Balaban J connectivity index is -0.0000000150. The van der Waals surface area contributed by atoms with Gasteiger partial charge in [0.05, 0.1) is 0 Å². The molecule has 0 aromatic heterocycles. The Hall–Kier alpha value is 2.29. The van der Waals surface area contributed by atoms with Crippen LogP contribution in [0.2, 0.25) is 0 Å². The van der Waals surface area contributed by atoms with Gasteiger partial charge in [-0.2, -0.15) is 0 Å². The van der Waals surface area contributed by atoms with Gasteiger partial charge in [-0.25, -0.2) is 0 Å². The van der Waals surface area contributed by atoms with Crippen molar-refractivity contribution in [2.75, 3.05) is 0 Å². The van der Waals surface area contributed by atoms with Crippen molar-refractivity contribution in [3.8, 4) is 0 Å². The minimum absolute atomic E-state index is 0. The first-order chi connectivity index (χ1) is 1.73. The summed E-state index contributed by atoms with van der Waals surface area (Å²) >= 11 is 0. The maximum absolute atomic E-state index is 7.23. The van der Waals surface area contributed by atoms with Crippen molar-refractivity contribution in [3.63, 3.8) is 0 Å². The summed E-state index contributed by atoms with van der Waals surface area (Å²) in [6.45, 7) is 0. The van der Waals surface area contributed by atoms with Gasteiger partial charge in [-0.3, -0.25) is 0 Å². The molecular weight excluding hydrogens is 396 g/mol. The Bertz CT molecular complexity index is 17.7. The van der Waals surface area contributed by atoms with Crippen LogP contribution in [0.25, 0.3) is 0 Å². The Morgan fingerprint density at radius 1 is 0.857 bits per heavy atom. The molecular formula is H3CuI2O3P. The fourth-order valence-corrected chi connectivity index (χ4v) is 0. The first-order valence-electron chi connectivity index (χ1n) is 0.600. The summed E-state index contributed by atoms with van der Waals surface area (Å²) in [5, 5.41) is 0. The Morgan fingerprint density at radius 2 is 0.857 bits per heavy atom. The van der Waals surface area contributed by atoms with E-state index in [0.29, 0.717) is 0 Å². The predicted octanol–water partition coefficient (Wildman–Crippen LogP) is -6.80. The number of hydrogen-bond donors (Lipinski definition) is 3. The van der Waals surface area contributed by atoms with Gasteiger partial charge in [0, 0.05) is 0 Å². The van der Waals surface area contributed by atoms with Crippen LogP contribution in [0.3, 0.4) is 0 Å². The predicted molar refractivity (Wildman–Crippen MR) is 13.6 cm³/mol. The van der Waals surface area contributed by atoms with Crippen LogP contribution in [-0.4, -0.2) is 14.7 Å². The number of rotatable bonds is 0. The summed E-state index contributed by atoms with van der Waals surface area (Å²) in [6, 6.07) is 0. The first kappa shape index (κ1) is 22.8. The maximum atomic E-state index is 7.23. The monoisotopic (exact) mass is 399 g/mol. The van der Waals surface area contributed by atoms with Crippen molar-refractivity contribution in [2.45, 2.75) is 0 Å². The first-order valence-corrected chi connectivity index (χ1v) is 1.80. The van der Waals surface area contributed by atoms with Gasteiger partial charge in [-0.1, -0.05) is 0 Å². The molecule has 0 amide bonds. The van der Waals surface area contributed by atoms with Crippen LogP contribution in [0.5, 0.6) is 0 Å². The summed E-state index contributed by atoms with van der Waals surface area (Å²) in [4.78, 5) is 21.7. The van der Waals surface area contributed by atoms with E-state index in [-0.39, 0.29) is 65.0 Å². The van der Waals surface area contributed by atoms with E-state index in [9.17, 15) is 0 Å². The molecule has 0 aromatic rings. The fraction of sp³-hybridized carbons (Fsp3) is 0. The van der Waals surface area contributed by atoms with Gasteiger partial charge in [0.15, 0.2) is 0 Å². The third-order valence-electron chi connectivity index (χ3n) is 0. The Kier molecular flexibility index (Phi) is 51.3. The molecule has 0 aliphatic heterocycles. The van der Waals surface area contributed by atoms with Crippen molar-refractivity contribution in [3.05, 3.63) is 0 Å². The van der Waals surface area contributed by atoms with E-state index < -0.39 is 8.60 Å². The summed E-state index contributed by atoms with van der Waals surface area (Å²) in [6.07, 6.45) is 0. The third-order valence-corrected chi connectivity index (χ3v) is 0. The number of halogens is 2. The van der Waals surface area contributed by atoms with Crippen LogP contribution in [0.4, 0.5) is 0 Å². The second-order valence-corrected chi connectivity index (χ2v) is 0.805. The molecule has 51 valence electrons. The SMILES string of the molecule is OP(O)O.[Cu+2].[I-].[I-]. The van der Waals surface area contributed by atoms with Crippen LogP contribution in [0.15, 0.2) is 0 Å². The van der Waals surface area contributed by atoms with Crippen LogP contribution in [0.1, 0.15) is 0 Å². The zero-order valence-electron chi connectivity index (χ0n) is 2.85. The molecule has 0 saturated carbocycles. The Morgan fingerprint density at radius 3 is 0.857 bits per heavy atom. The van der Waals surface area contributed by atoms with Gasteiger partial charge >= 0.3 is 25.7 Å². The van der Waals surface area contributed by atoms with Gasteiger partial charge in [-0.15, -0.1) is 0 Å². The molecule has 0 fully saturated rings. The molecule has 0 bridgehead atoms. The van der Waals surface area contributed by atoms with Crippen molar-refractivity contribution in [1.29, 1.82) is 0 Å².